The molecule has 2 unspecified atom stereocenters. The van der Waals surface area contributed by atoms with Crippen molar-refractivity contribution in [1.29, 1.82) is 0 Å². The van der Waals surface area contributed by atoms with Crippen LogP contribution in [0.4, 0.5) is 0 Å². The number of esters is 4. The lowest BCUT2D eigenvalue weighted by Crippen LogP contribution is -2.36. The summed E-state index contributed by atoms with van der Waals surface area (Å²) >= 11 is 0. The van der Waals surface area contributed by atoms with E-state index in [9.17, 15) is 19.2 Å². The number of benzene rings is 2. The van der Waals surface area contributed by atoms with Crippen molar-refractivity contribution in [3.05, 3.63) is 85.0 Å². The van der Waals surface area contributed by atoms with E-state index in [0.717, 1.165) is 63.5 Å². The molecule has 12 heteroatoms. The molecule has 270 valence electrons. The maximum absolute atomic E-state index is 12.9. The van der Waals surface area contributed by atoms with E-state index in [1.54, 1.807) is 48.5 Å². The first-order valence-electron chi connectivity index (χ1n) is 17.1. The predicted molar refractivity (Wildman–Crippen MR) is 181 cm³/mol. The third-order valence-corrected chi connectivity index (χ3v) is 8.10. The van der Waals surface area contributed by atoms with E-state index < -0.39 is 48.3 Å². The van der Waals surface area contributed by atoms with Crippen molar-refractivity contribution in [2.45, 2.75) is 75.8 Å². The highest BCUT2D eigenvalue weighted by atomic mass is 16.7. The number of ether oxygens (including phenoxy) is 8. The van der Waals surface area contributed by atoms with Gasteiger partial charge in [0.2, 0.25) is 0 Å². The smallest absolute Gasteiger partial charge is 0.338 e. The zero-order valence-corrected chi connectivity index (χ0v) is 28.3. The van der Waals surface area contributed by atoms with Gasteiger partial charge in [-0.05, 0) is 99.9 Å². The molecule has 0 N–H and O–H groups in total. The minimum absolute atomic E-state index is 0.127. The molecule has 2 saturated heterocycles. The molecule has 4 atom stereocenters. The average molecular weight is 695 g/mol. The average Bonchev–Trinajstić information content (AvgIpc) is 3.73. The van der Waals surface area contributed by atoms with Gasteiger partial charge < -0.3 is 37.9 Å². The van der Waals surface area contributed by atoms with Gasteiger partial charge in [0.25, 0.3) is 0 Å². The molecule has 0 saturated carbocycles. The summed E-state index contributed by atoms with van der Waals surface area (Å²) in [5.41, 5.74) is 0.735. The number of carbonyl (C=O) groups excluding carboxylic acids is 4. The van der Waals surface area contributed by atoms with Crippen LogP contribution in [-0.4, -0.2) is 87.9 Å². The van der Waals surface area contributed by atoms with Crippen molar-refractivity contribution in [3.63, 3.8) is 0 Å². The first-order chi connectivity index (χ1) is 24.4. The highest BCUT2D eigenvalue weighted by molar-refractivity contribution is 5.90. The van der Waals surface area contributed by atoms with E-state index in [1.807, 2.05) is 0 Å². The second kappa shape index (κ2) is 20.7. The lowest BCUT2D eigenvalue weighted by Gasteiger charge is -2.17. The second-order valence-corrected chi connectivity index (χ2v) is 11.8. The van der Waals surface area contributed by atoms with Crippen LogP contribution in [0.3, 0.4) is 0 Å². The molecule has 0 amide bonds. The SMILES string of the molecule is C=CC(=O)OCCCCCCOc1ccc(C(=O)O[C@H]2COC3C2OC[C@@H]3OC(=O)c2ccc(OCCCCCCOC(=O)C=C)cc2)cc1. The molecule has 2 aromatic rings. The number of fused-ring (bicyclic) bond motifs is 1. The fourth-order valence-electron chi connectivity index (χ4n) is 5.38. The third kappa shape index (κ3) is 12.3. The van der Waals surface area contributed by atoms with Gasteiger partial charge in [0, 0.05) is 12.2 Å². The number of hydrogen-bond acceptors (Lipinski definition) is 12. The van der Waals surface area contributed by atoms with Gasteiger partial charge in [-0.15, -0.1) is 0 Å². The molecular weight excluding hydrogens is 648 g/mol. The fourth-order valence-corrected chi connectivity index (χ4v) is 5.38. The fraction of sp³-hybridized carbons (Fsp3) is 0.474. The number of rotatable bonds is 22. The number of unbranched alkanes of at least 4 members (excludes halogenated alkanes) is 6. The number of carbonyl (C=O) groups is 4. The molecule has 12 nitrogen and oxygen atoms in total. The summed E-state index contributed by atoms with van der Waals surface area (Å²) in [6.45, 7) is 8.81. The summed E-state index contributed by atoms with van der Waals surface area (Å²) in [5, 5.41) is 0. The third-order valence-electron chi connectivity index (χ3n) is 8.10. The van der Waals surface area contributed by atoms with Gasteiger partial charge in [-0.3, -0.25) is 0 Å². The van der Waals surface area contributed by atoms with E-state index in [1.165, 1.54) is 0 Å². The van der Waals surface area contributed by atoms with Crippen LogP contribution in [0, 0.1) is 0 Å². The molecule has 2 fully saturated rings. The van der Waals surface area contributed by atoms with Crippen LogP contribution >= 0.6 is 0 Å². The van der Waals surface area contributed by atoms with Crippen molar-refractivity contribution in [2.24, 2.45) is 0 Å². The molecule has 4 rings (SSSR count). The van der Waals surface area contributed by atoms with E-state index in [0.29, 0.717) is 49.1 Å². The molecule has 0 aliphatic carbocycles. The number of hydrogen-bond donors (Lipinski definition) is 0. The first kappa shape index (κ1) is 38.1. The van der Waals surface area contributed by atoms with Crippen LogP contribution in [0.25, 0.3) is 0 Å². The Morgan fingerprint density at radius 3 is 1.28 bits per heavy atom. The largest absolute Gasteiger partial charge is 0.494 e. The molecule has 2 aromatic carbocycles. The standard InChI is InChI=1S/C38H46O12/c1-3-33(39)45-23-11-7-5-9-21-43-29-17-13-27(14-18-29)37(41)49-31-25-47-36-32(26-48-35(31)36)50-38(42)28-15-19-30(20-16-28)44-22-10-6-8-12-24-46-34(40)4-2/h3-4,13-20,31-32,35-36H,1-2,5-12,21-26H2/t31-,32-,35?,36?/m0/s1. The topological polar surface area (TPSA) is 142 Å². The molecule has 0 spiro atoms. The molecule has 50 heavy (non-hydrogen) atoms. The summed E-state index contributed by atoms with van der Waals surface area (Å²) in [4.78, 5) is 47.8. The molecular formula is C38H46O12. The van der Waals surface area contributed by atoms with E-state index in [2.05, 4.69) is 13.2 Å². The Bertz CT molecular complexity index is 1300. The molecule has 2 aliphatic rings. The van der Waals surface area contributed by atoms with Crippen LogP contribution in [0.1, 0.15) is 72.1 Å². The van der Waals surface area contributed by atoms with Gasteiger partial charge in [0.1, 0.15) is 23.7 Å². The summed E-state index contributed by atoms with van der Waals surface area (Å²) in [6.07, 6.45) is 6.93. The lowest BCUT2D eigenvalue weighted by atomic mass is 10.1. The lowest BCUT2D eigenvalue weighted by molar-refractivity contribution is -0.138. The van der Waals surface area contributed by atoms with Crippen molar-refractivity contribution >= 4 is 23.9 Å². The Balaban J connectivity index is 1.10. The van der Waals surface area contributed by atoms with Gasteiger partial charge in [-0.1, -0.05) is 13.2 Å². The zero-order chi connectivity index (χ0) is 35.6. The summed E-state index contributed by atoms with van der Waals surface area (Å²) in [6, 6.07) is 13.4. The minimum Gasteiger partial charge on any atom is -0.494 e. The van der Waals surface area contributed by atoms with Crippen LogP contribution in [-0.2, 0) is 38.0 Å². The van der Waals surface area contributed by atoms with Crippen LogP contribution < -0.4 is 9.47 Å². The Labute approximate surface area is 292 Å². The highest BCUT2D eigenvalue weighted by Gasteiger charge is 2.51. The summed E-state index contributed by atoms with van der Waals surface area (Å²) in [5.74, 6) is -0.553. The Morgan fingerprint density at radius 2 is 0.920 bits per heavy atom. The molecule has 2 heterocycles. The maximum atomic E-state index is 12.9. The highest BCUT2D eigenvalue weighted by Crippen LogP contribution is 2.32. The molecule has 0 aromatic heterocycles. The van der Waals surface area contributed by atoms with Crippen molar-refractivity contribution < 1.29 is 57.1 Å². The van der Waals surface area contributed by atoms with Crippen LogP contribution in [0.2, 0.25) is 0 Å². The Kier molecular flexibility index (Phi) is 15.8. The van der Waals surface area contributed by atoms with Gasteiger partial charge in [0.15, 0.2) is 12.2 Å². The first-order valence-corrected chi connectivity index (χ1v) is 17.1. The quantitative estimate of drug-likeness (QED) is 0.0658. The molecule has 2 aliphatic heterocycles. The second-order valence-electron chi connectivity index (χ2n) is 11.8. The van der Waals surface area contributed by atoms with Crippen molar-refractivity contribution in [2.75, 3.05) is 39.6 Å². The summed E-state index contributed by atoms with van der Waals surface area (Å²) < 4.78 is 44.5. The Hall–Kier alpha value is -4.68. The van der Waals surface area contributed by atoms with Gasteiger partial charge >= 0.3 is 23.9 Å². The van der Waals surface area contributed by atoms with Crippen molar-refractivity contribution in [3.8, 4) is 11.5 Å². The maximum Gasteiger partial charge on any atom is 0.338 e. The van der Waals surface area contributed by atoms with E-state index in [4.69, 9.17) is 37.9 Å². The van der Waals surface area contributed by atoms with Crippen LogP contribution in [0.15, 0.2) is 73.8 Å². The van der Waals surface area contributed by atoms with E-state index >= 15 is 0 Å². The van der Waals surface area contributed by atoms with Crippen molar-refractivity contribution in [1.82, 2.24) is 0 Å². The van der Waals surface area contributed by atoms with E-state index in [-0.39, 0.29) is 13.2 Å². The van der Waals surface area contributed by atoms with Gasteiger partial charge in [-0.25, -0.2) is 19.2 Å². The minimum atomic E-state index is -0.640. The normalized spacial score (nSPS) is 19.1. The Morgan fingerprint density at radius 1 is 0.560 bits per heavy atom. The monoisotopic (exact) mass is 694 g/mol. The van der Waals surface area contributed by atoms with Crippen LogP contribution in [0.5, 0.6) is 11.5 Å². The van der Waals surface area contributed by atoms with Gasteiger partial charge in [-0.2, -0.15) is 0 Å². The summed E-state index contributed by atoms with van der Waals surface area (Å²) in [7, 11) is 0. The molecule has 0 radical (unpaired) electrons. The zero-order valence-electron chi connectivity index (χ0n) is 28.3. The molecule has 0 bridgehead atoms. The predicted octanol–water partition coefficient (Wildman–Crippen LogP) is 5.57. The van der Waals surface area contributed by atoms with Gasteiger partial charge in [0.05, 0.1) is 50.8 Å².